The van der Waals surface area contributed by atoms with Crippen LogP contribution in [0.4, 0.5) is 0 Å². The number of aromatic amines is 1. The zero-order chi connectivity index (χ0) is 15.5. The van der Waals surface area contributed by atoms with Gasteiger partial charge in [-0.05, 0) is 32.0 Å². The molecule has 2 heterocycles. The lowest BCUT2D eigenvalue weighted by Crippen LogP contribution is -2.27. The number of hydrogen-bond acceptors (Lipinski definition) is 6. The second-order valence-corrected chi connectivity index (χ2v) is 7.74. The van der Waals surface area contributed by atoms with Gasteiger partial charge in [-0.1, -0.05) is 6.92 Å². The first kappa shape index (κ1) is 16.1. The molecule has 2 rings (SSSR count). The maximum atomic E-state index is 12.4. The van der Waals surface area contributed by atoms with E-state index in [0.717, 1.165) is 17.0 Å². The van der Waals surface area contributed by atoms with Crippen molar-refractivity contribution >= 4 is 21.4 Å². The predicted molar refractivity (Wildman–Crippen MR) is 81.6 cm³/mol. The Morgan fingerprint density at radius 3 is 2.86 bits per heavy atom. The lowest BCUT2D eigenvalue weighted by atomic mass is 10.3. The molecular formula is C12H19N5O2S2. The Morgan fingerprint density at radius 2 is 2.24 bits per heavy atom. The number of aryl methyl sites for hydroxylation is 1. The van der Waals surface area contributed by atoms with Crippen LogP contribution in [0.3, 0.4) is 0 Å². The van der Waals surface area contributed by atoms with Gasteiger partial charge in [0.1, 0.15) is 16.4 Å². The number of rotatable bonds is 7. The van der Waals surface area contributed by atoms with E-state index in [1.54, 1.807) is 13.0 Å². The van der Waals surface area contributed by atoms with Crippen LogP contribution in [0.25, 0.3) is 0 Å². The van der Waals surface area contributed by atoms with Crippen LogP contribution in [-0.2, 0) is 16.6 Å². The average molecular weight is 329 g/mol. The first-order valence-electron chi connectivity index (χ1n) is 6.61. The molecule has 0 spiro atoms. The summed E-state index contributed by atoms with van der Waals surface area (Å²) in [7, 11) is -3.56. The van der Waals surface area contributed by atoms with Crippen molar-refractivity contribution < 1.29 is 8.42 Å². The van der Waals surface area contributed by atoms with E-state index in [2.05, 4.69) is 25.2 Å². The van der Waals surface area contributed by atoms with E-state index >= 15 is 0 Å². The molecule has 3 N–H and O–H groups in total. The van der Waals surface area contributed by atoms with Gasteiger partial charge in [-0.25, -0.2) is 18.1 Å². The second kappa shape index (κ2) is 6.65. The number of aromatic nitrogens is 3. The van der Waals surface area contributed by atoms with Gasteiger partial charge < -0.3 is 5.32 Å². The van der Waals surface area contributed by atoms with Gasteiger partial charge in [-0.2, -0.15) is 5.10 Å². The van der Waals surface area contributed by atoms with E-state index in [1.165, 1.54) is 17.7 Å². The Balaban J connectivity index is 2.16. The lowest BCUT2D eigenvalue weighted by molar-refractivity contribution is 0.562. The fraction of sp³-hybridized carbons (Fsp3) is 0.500. The maximum absolute atomic E-state index is 12.4. The highest BCUT2D eigenvalue weighted by Crippen LogP contribution is 2.26. The van der Waals surface area contributed by atoms with Crippen molar-refractivity contribution in [1.29, 1.82) is 0 Å². The summed E-state index contributed by atoms with van der Waals surface area (Å²) in [6.45, 7) is 7.18. The van der Waals surface area contributed by atoms with E-state index in [1.807, 2.05) is 13.8 Å². The zero-order valence-corrected chi connectivity index (χ0v) is 13.8. The first-order chi connectivity index (χ1) is 9.94. The largest absolute Gasteiger partial charge is 0.312 e. The molecule has 1 atom stereocenters. The molecule has 0 amide bonds. The van der Waals surface area contributed by atoms with Crippen LogP contribution in [0.5, 0.6) is 0 Å². The minimum absolute atomic E-state index is 0.319. The molecule has 2 aromatic rings. The number of nitrogens with zero attached hydrogens (tertiary/aromatic N) is 2. The molecule has 116 valence electrons. The molecule has 1 unspecified atom stereocenters. The topological polar surface area (TPSA) is 99.8 Å². The molecule has 0 fully saturated rings. The van der Waals surface area contributed by atoms with Gasteiger partial charge in [-0.3, -0.25) is 5.10 Å². The van der Waals surface area contributed by atoms with Crippen molar-refractivity contribution in [3.8, 4) is 0 Å². The minimum Gasteiger partial charge on any atom is -0.312 e. The van der Waals surface area contributed by atoms with Crippen LogP contribution in [0.15, 0.2) is 16.6 Å². The highest BCUT2D eigenvalue weighted by atomic mass is 32.2. The number of hydrogen-bond donors (Lipinski definition) is 3. The molecule has 9 heteroatoms. The maximum Gasteiger partial charge on any atom is 0.250 e. The van der Waals surface area contributed by atoms with Crippen molar-refractivity contribution in [3.05, 3.63) is 28.7 Å². The SMILES string of the molecule is CCNCc1sc(S(=O)(=O)NC(C)c2ncn[nH]2)cc1C. The predicted octanol–water partition coefficient (Wildman–Crippen LogP) is 1.32. The van der Waals surface area contributed by atoms with E-state index in [9.17, 15) is 8.42 Å². The fourth-order valence-corrected chi connectivity index (χ4v) is 4.59. The highest BCUT2D eigenvalue weighted by molar-refractivity contribution is 7.91. The minimum atomic E-state index is -3.56. The van der Waals surface area contributed by atoms with Crippen LogP contribution in [0, 0.1) is 6.92 Å². The lowest BCUT2D eigenvalue weighted by Gasteiger charge is -2.10. The molecule has 0 saturated carbocycles. The molecule has 0 aliphatic heterocycles. The van der Waals surface area contributed by atoms with Crippen LogP contribution >= 0.6 is 11.3 Å². The van der Waals surface area contributed by atoms with Crippen molar-refractivity contribution in [2.75, 3.05) is 6.54 Å². The smallest absolute Gasteiger partial charge is 0.250 e. The number of sulfonamides is 1. The second-order valence-electron chi connectivity index (χ2n) is 4.67. The summed E-state index contributed by atoms with van der Waals surface area (Å²) >= 11 is 1.29. The Morgan fingerprint density at radius 1 is 1.48 bits per heavy atom. The van der Waals surface area contributed by atoms with Crippen molar-refractivity contribution in [3.63, 3.8) is 0 Å². The summed E-state index contributed by atoms with van der Waals surface area (Å²) < 4.78 is 27.7. The average Bonchev–Trinajstić information content (AvgIpc) is 3.05. The van der Waals surface area contributed by atoms with Crippen molar-refractivity contribution in [1.82, 2.24) is 25.2 Å². The molecule has 0 aliphatic carbocycles. The molecule has 0 saturated heterocycles. The third-order valence-corrected chi connectivity index (χ3v) is 6.23. The summed E-state index contributed by atoms with van der Waals surface area (Å²) in [5, 5.41) is 9.59. The van der Waals surface area contributed by atoms with Crippen LogP contribution < -0.4 is 10.0 Å². The molecule has 0 aliphatic rings. The highest BCUT2D eigenvalue weighted by Gasteiger charge is 2.22. The van der Waals surface area contributed by atoms with Gasteiger partial charge in [0.05, 0.1) is 6.04 Å². The van der Waals surface area contributed by atoms with Gasteiger partial charge in [0, 0.05) is 11.4 Å². The quantitative estimate of drug-likeness (QED) is 0.711. The van der Waals surface area contributed by atoms with E-state index < -0.39 is 16.1 Å². The number of nitrogens with one attached hydrogen (secondary N) is 3. The first-order valence-corrected chi connectivity index (χ1v) is 8.91. The Hall–Kier alpha value is -1.29. The Kier molecular flexibility index (Phi) is 5.09. The molecule has 7 nitrogen and oxygen atoms in total. The van der Waals surface area contributed by atoms with Crippen molar-refractivity contribution in [2.45, 2.75) is 37.6 Å². The van der Waals surface area contributed by atoms with Crippen molar-refractivity contribution in [2.24, 2.45) is 0 Å². The Labute approximate surface area is 128 Å². The monoisotopic (exact) mass is 329 g/mol. The van der Waals surface area contributed by atoms with E-state index in [4.69, 9.17) is 0 Å². The third-order valence-electron chi connectivity index (χ3n) is 2.97. The summed E-state index contributed by atoms with van der Waals surface area (Å²) in [5.41, 5.74) is 0.980. The molecule has 0 aromatic carbocycles. The molecule has 21 heavy (non-hydrogen) atoms. The third kappa shape index (κ3) is 3.88. The standard InChI is InChI=1S/C12H19N5O2S2/c1-4-13-6-10-8(2)5-11(20-10)21(18,19)17-9(3)12-14-7-15-16-12/h5,7,9,13,17H,4,6H2,1-3H3,(H,14,15,16). The Bertz CT molecular complexity index is 679. The summed E-state index contributed by atoms with van der Waals surface area (Å²) in [4.78, 5) is 4.99. The van der Waals surface area contributed by atoms with E-state index in [0.29, 0.717) is 16.6 Å². The fourth-order valence-electron chi connectivity index (χ4n) is 1.81. The van der Waals surface area contributed by atoms with Crippen LogP contribution in [0.2, 0.25) is 0 Å². The molecule has 2 aromatic heterocycles. The van der Waals surface area contributed by atoms with Gasteiger partial charge in [0.2, 0.25) is 0 Å². The normalized spacial score (nSPS) is 13.5. The van der Waals surface area contributed by atoms with Gasteiger partial charge in [0.25, 0.3) is 10.0 Å². The summed E-state index contributed by atoms with van der Waals surface area (Å²) in [5.74, 6) is 0.486. The van der Waals surface area contributed by atoms with E-state index in [-0.39, 0.29) is 0 Å². The van der Waals surface area contributed by atoms with Crippen LogP contribution in [0.1, 0.15) is 36.2 Å². The number of H-pyrrole nitrogens is 1. The zero-order valence-electron chi connectivity index (χ0n) is 12.2. The number of thiophene rings is 1. The molecular weight excluding hydrogens is 310 g/mol. The van der Waals surface area contributed by atoms with Gasteiger partial charge >= 0.3 is 0 Å². The van der Waals surface area contributed by atoms with Gasteiger partial charge in [-0.15, -0.1) is 11.3 Å². The van der Waals surface area contributed by atoms with Crippen LogP contribution in [-0.4, -0.2) is 30.1 Å². The summed E-state index contributed by atoms with van der Waals surface area (Å²) in [6.07, 6.45) is 1.35. The van der Waals surface area contributed by atoms with Gasteiger partial charge in [0.15, 0.2) is 0 Å². The molecule has 0 radical (unpaired) electrons. The molecule has 0 bridgehead atoms. The summed E-state index contributed by atoms with van der Waals surface area (Å²) in [6, 6.07) is 1.24.